The second-order valence-electron chi connectivity index (χ2n) is 5.47. The molecule has 0 N–H and O–H groups in total. The Morgan fingerprint density at radius 2 is 2.20 bits per heavy atom. The van der Waals surface area contributed by atoms with Crippen molar-refractivity contribution in [3.05, 3.63) is 43.8 Å². The maximum absolute atomic E-state index is 12.5. The Labute approximate surface area is 128 Å². The molecule has 0 bridgehead atoms. The molecular formula is C16H19NOS2. The summed E-state index contributed by atoms with van der Waals surface area (Å²) in [6, 6.07) is 6.89. The first kappa shape index (κ1) is 14.0. The first-order valence-electron chi connectivity index (χ1n) is 7.00. The lowest BCUT2D eigenvalue weighted by Crippen LogP contribution is -2.31. The average molecular weight is 305 g/mol. The molecule has 0 atom stereocenters. The first-order chi connectivity index (χ1) is 9.63. The van der Waals surface area contributed by atoms with E-state index in [9.17, 15) is 4.79 Å². The molecular weight excluding hydrogens is 286 g/mol. The lowest BCUT2D eigenvalue weighted by molar-refractivity contribution is 0.0920. The van der Waals surface area contributed by atoms with E-state index in [4.69, 9.17) is 0 Å². The predicted molar refractivity (Wildman–Crippen MR) is 85.9 cm³/mol. The molecule has 2 aromatic rings. The fourth-order valence-electron chi connectivity index (χ4n) is 2.53. The van der Waals surface area contributed by atoms with Gasteiger partial charge in [0.05, 0.1) is 6.54 Å². The van der Waals surface area contributed by atoms with E-state index in [-0.39, 0.29) is 5.78 Å². The molecule has 2 aromatic heterocycles. The number of nitrogens with zero attached hydrogens (tertiary/aromatic N) is 1. The smallest absolute Gasteiger partial charge is 0.177 e. The third-order valence-corrected chi connectivity index (χ3v) is 5.52. The molecule has 0 aromatic carbocycles. The summed E-state index contributed by atoms with van der Waals surface area (Å²) in [5, 5.41) is 2.11. The maximum atomic E-state index is 12.5. The van der Waals surface area contributed by atoms with Crippen LogP contribution in [0.25, 0.3) is 0 Å². The first-order valence-corrected chi connectivity index (χ1v) is 8.70. The van der Waals surface area contributed by atoms with Crippen LogP contribution in [0.4, 0.5) is 0 Å². The van der Waals surface area contributed by atoms with Crippen molar-refractivity contribution in [3.63, 3.8) is 0 Å². The van der Waals surface area contributed by atoms with Crippen molar-refractivity contribution in [1.29, 1.82) is 0 Å². The van der Waals surface area contributed by atoms with Gasteiger partial charge < -0.3 is 0 Å². The number of rotatable bonds is 6. The van der Waals surface area contributed by atoms with Crippen LogP contribution in [0, 0.1) is 13.8 Å². The fourth-order valence-corrected chi connectivity index (χ4v) is 4.21. The van der Waals surface area contributed by atoms with Gasteiger partial charge in [-0.1, -0.05) is 6.07 Å². The van der Waals surface area contributed by atoms with Crippen LogP contribution in [0.5, 0.6) is 0 Å². The van der Waals surface area contributed by atoms with Gasteiger partial charge in [-0.25, -0.2) is 0 Å². The lowest BCUT2D eigenvalue weighted by atomic mass is 10.1. The molecule has 3 rings (SSSR count). The second kappa shape index (κ2) is 5.80. The zero-order valence-electron chi connectivity index (χ0n) is 11.9. The maximum Gasteiger partial charge on any atom is 0.177 e. The number of aryl methyl sites for hydroxylation is 2. The molecule has 0 aliphatic heterocycles. The van der Waals surface area contributed by atoms with Crippen molar-refractivity contribution in [3.8, 4) is 0 Å². The van der Waals surface area contributed by atoms with Crippen LogP contribution < -0.4 is 0 Å². The van der Waals surface area contributed by atoms with E-state index in [0.717, 1.165) is 17.0 Å². The zero-order valence-corrected chi connectivity index (χ0v) is 13.5. The number of hydrogen-bond acceptors (Lipinski definition) is 4. The molecule has 0 unspecified atom stereocenters. The number of Topliss-reactive ketones (excluding diaryl/α,β-unsaturated/α-hetero) is 1. The monoisotopic (exact) mass is 305 g/mol. The van der Waals surface area contributed by atoms with E-state index in [1.54, 1.807) is 22.7 Å². The summed E-state index contributed by atoms with van der Waals surface area (Å²) in [7, 11) is 0. The number of carbonyl (C=O) groups is 1. The van der Waals surface area contributed by atoms with Gasteiger partial charge in [-0.05, 0) is 44.2 Å². The quantitative estimate of drug-likeness (QED) is 0.743. The zero-order chi connectivity index (χ0) is 14.1. The van der Waals surface area contributed by atoms with Crippen molar-refractivity contribution in [2.45, 2.75) is 39.3 Å². The fraction of sp³-hybridized carbons (Fsp3) is 0.438. The molecule has 2 heterocycles. The van der Waals surface area contributed by atoms with Crippen molar-refractivity contribution in [2.24, 2.45) is 0 Å². The normalized spacial score (nSPS) is 14.9. The highest BCUT2D eigenvalue weighted by Gasteiger charge is 2.31. The Balaban J connectivity index is 1.70. The number of hydrogen-bond donors (Lipinski definition) is 0. The highest BCUT2D eigenvalue weighted by molar-refractivity contribution is 7.12. The van der Waals surface area contributed by atoms with Gasteiger partial charge in [0.1, 0.15) is 0 Å². The third-order valence-electron chi connectivity index (χ3n) is 3.69. The molecule has 0 spiro atoms. The highest BCUT2D eigenvalue weighted by atomic mass is 32.1. The van der Waals surface area contributed by atoms with E-state index in [1.165, 1.54) is 22.6 Å². The number of ketones is 1. The standard InChI is InChI=1S/C16H19NOS2/c1-11-8-15(12(2)20-11)16(18)10-17(13-5-6-13)9-14-4-3-7-19-14/h3-4,7-8,13H,5-6,9-10H2,1-2H3. The Morgan fingerprint density at radius 1 is 1.40 bits per heavy atom. The van der Waals surface area contributed by atoms with Gasteiger partial charge in [0, 0.05) is 32.8 Å². The molecule has 4 heteroatoms. The van der Waals surface area contributed by atoms with Gasteiger partial charge in [0.15, 0.2) is 5.78 Å². The van der Waals surface area contributed by atoms with Crippen molar-refractivity contribution in [2.75, 3.05) is 6.54 Å². The Morgan fingerprint density at radius 3 is 2.75 bits per heavy atom. The van der Waals surface area contributed by atoms with Crippen molar-refractivity contribution >= 4 is 28.5 Å². The minimum atomic E-state index is 0.273. The number of thiophene rings is 2. The topological polar surface area (TPSA) is 20.3 Å². The van der Waals surface area contributed by atoms with Crippen LogP contribution in [0.1, 0.15) is 37.8 Å². The van der Waals surface area contributed by atoms with E-state index in [0.29, 0.717) is 12.6 Å². The summed E-state index contributed by atoms with van der Waals surface area (Å²) in [6.07, 6.45) is 2.47. The predicted octanol–water partition coefficient (Wildman–Crippen LogP) is 4.27. The van der Waals surface area contributed by atoms with E-state index >= 15 is 0 Å². The molecule has 0 saturated heterocycles. The summed E-state index contributed by atoms with van der Waals surface area (Å²) in [4.78, 5) is 18.6. The molecule has 20 heavy (non-hydrogen) atoms. The minimum Gasteiger partial charge on any atom is -0.293 e. The molecule has 1 aliphatic carbocycles. The molecule has 1 aliphatic rings. The Bertz CT molecular complexity index is 596. The van der Waals surface area contributed by atoms with Gasteiger partial charge in [-0.2, -0.15) is 0 Å². The third kappa shape index (κ3) is 3.19. The van der Waals surface area contributed by atoms with Gasteiger partial charge in [0.2, 0.25) is 0 Å². The van der Waals surface area contributed by atoms with E-state index in [2.05, 4.69) is 29.3 Å². The molecule has 106 valence electrons. The molecule has 1 saturated carbocycles. The summed E-state index contributed by atoms with van der Waals surface area (Å²) < 4.78 is 0. The minimum absolute atomic E-state index is 0.273. The van der Waals surface area contributed by atoms with Gasteiger partial charge in [-0.15, -0.1) is 22.7 Å². The lowest BCUT2D eigenvalue weighted by Gasteiger charge is -2.20. The van der Waals surface area contributed by atoms with Crippen LogP contribution >= 0.6 is 22.7 Å². The largest absolute Gasteiger partial charge is 0.293 e. The Hall–Kier alpha value is -0.970. The SMILES string of the molecule is Cc1cc(C(=O)CN(Cc2cccs2)C2CC2)c(C)s1. The average Bonchev–Trinajstić information content (AvgIpc) is 3.02. The van der Waals surface area contributed by atoms with Crippen LogP contribution in [0.2, 0.25) is 0 Å². The summed E-state index contributed by atoms with van der Waals surface area (Å²) >= 11 is 3.49. The van der Waals surface area contributed by atoms with E-state index < -0.39 is 0 Å². The Kier molecular flexibility index (Phi) is 4.06. The van der Waals surface area contributed by atoms with E-state index in [1.807, 2.05) is 13.0 Å². The van der Waals surface area contributed by atoms with Crippen molar-refractivity contribution in [1.82, 2.24) is 4.90 Å². The molecule has 1 fully saturated rings. The second-order valence-corrected chi connectivity index (χ2v) is 7.96. The van der Waals surface area contributed by atoms with Crippen LogP contribution in [-0.2, 0) is 6.54 Å². The van der Waals surface area contributed by atoms with Crippen LogP contribution in [-0.4, -0.2) is 23.3 Å². The molecule has 0 amide bonds. The highest BCUT2D eigenvalue weighted by Crippen LogP contribution is 2.30. The van der Waals surface area contributed by atoms with Crippen molar-refractivity contribution < 1.29 is 4.79 Å². The molecule has 2 nitrogen and oxygen atoms in total. The summed E-state index contributed by atoms with van der Waals surface area (Å²) in [5.74, 6) is 0.273. The van der Waals surface area contributed by atoms with Crippen LogP contribution in [0.15, 0.2) is 23.6 Å². The van der Waals surface area contributed by atoms with Gasteiger partial charge in [-0.3, -0.25) is 9.69 Å². The summed E-state index contributed by atoms with van der Waals surface area (Å²) in [5.41, 5.74) is 0.921. The summed E-state index contributed by atoms with van der Waals surface area (Å²) in [6.45, 7) is 5.58. The van der Waals surface area contributed by atoms with Gasteiger partial charge in [0.25, 0.3) is 0 Å². The van der Waals surface area contributed by atoms with Gasteiger partial charge >= 0.3 is 0 Å². The number of carbonyl (C=O) groups excluding carboxylic acids is 1. The molecule has 0 radical (unpaired) electrons. The van der Waals surface area contributed by atoms with Crippen LogP contribution in [0.3, 0.4) is 0 Å².